The van der Waals surface area contributed by atoms with Gasteiger partial charge in [-0.3, -0.25) is 4.79 Å². The fourth-order valence-electron chi connectivity index (χ4n) is 4.97. The second-order valence-corrected chi connectivity index (χ2v) is 12.0. The summed E-state index contributed by atoms with van der Waals surface area (Å²) in [6.07, 6.45) is 12.0. The number of ether oxygens (including phenoxy) is 1. The number of allylic oxidation sites excluding steroid dienone is 6. The van der Waals surface area contributed by atoms with E-state index in [-0.39, 0.29) is 45.8 Å². The Kier molecular flexibility index (Phi) is 8.62. The summed E-state index contributed by atoms with van der Waals surface area (Å²) in [6, 6.07) is 2.16. The number of phenols is 4. The predicted molar refractivity (Wildman–Crippen MR) is 168 cm³/mol. The van der Waals surface area contributed by atoms with E-state index in [1.54, 1.807) is 6.08 Å². The zero-order valence-corrected chi connectivity index (χ0v) is 25.4. The zero-order valence-electron chi connectivity index (χ0n) is 25.4. The van der Waals surface area contributed by atoms with Crippen LogP contribution < -0.4 is 10.2 Å². The molecule has 0 saturated carbocycles. The molecule has 4 rings (SSSR count). The minimum Gasteiger partial charge on any atom is -0.507 e. The van der Waals surface area contributed by atoms with Crippen molar-refractivity contribution in [2.75, 3.05) is 0 Å². The van der Waals surface area contributed by atoms with Gasteiger partial charge in [-0.15, -0.1) is 0 Å². The van der Waals surface area contributed by atoms with Crippen molar-refractivity contribution in [2.24, 2.45) is 0 Å². The zero-order chi connectivity index (χ0) is 30.9. The van der Waals surface area contributed by atoms with Gasteiger partial charge >= 0.3 is 0 Å². The SMILES string of the molecule is CC(C)=CCCC(C)=CCc1c2c(c(O)c3c(=O)c(CC=C(C)C)c(-c4cc(O)c(O)cc4O)oc13)C=CC(C)(C)O2. The highest BCUT2D eigenvalue weighted by molar-refractivity contribution is 5.95. The van der Waals surface area contributed by atoms with Crippen LogP contribution in [-0.4, -0.2) is 26.0 Å². The molecule has 0 fully saturated rings. The maximum Gasteiger partial charge on any atom is 0.200 e. The lowest BCUT2D eigenvalue weighted by Crippen LogP contribution is -2.28. The highest BCUT2D eigenvalue weighted by atomic mass is 16.5. The quantitative estimate of drug-likeness (QED) is 0.122. The number of hydrogen-bond donors (Lipinski definition) is 4. The van der Waals surface area contributed by atoms with Gasteiger partial charge in [0.15, 0.2) is 11.5 Å². The molecule has 4 N–H and O–H groups in total. The molecule has 0 aliphatic carbocycles. The summed E-state index contributed by atoms with van der Waals surface area (Å²) in [4.78, 5) is 14.2. The van der Waals surface area contributed by atoms with E-state index in [9.17, 15) is 25.2 Å². The molecule has 0 bridgehead atoms. The van der Waals surface area contributed by atoms with Crippen molar-refractivity contribution in [3.8, 4) is 40.1 Å². The van der Waals surface area contributed by atoms with Crippen LogP contribution in [0.1, 0.15) is 78.0 Å². The Labute approximate surface area is 246 Å². The third-order valence-electron chi connectivity index (χ3n) is 7.31. The van der Waals surface area contributed by atoms with E-state index in [0.29, 0.717) is 23.3 Å². The molecule has 0 atom stereocenters. The molecular weight excluding hydrogens is 532 g/mol. The van der Waals surface area contributed by atoms with Gasteiger partial charge in [-0.25, -0.2) is 0 Å². The molecule has 0 amide bonds. The minimum atomic E-state index is -0.669. The highest BCUT2D eigenvalue weighted by Gasteiger charge is 2.32. The molecule has 3 aromatic rings. The second kappa shape index (κ2) is 11.8. The summed E-state index contributed by atoms with van der Waals surface area (Å²) in [5.74, 6) is -1.13. The average Bonchev–Trinajstić information content (AvgIpc) is 2.88. The molecule has 1 aliphatic heterocycles. The molecule has 0 unspecified atom stereocenters. The van der Waals surface area contributed by atoms with Crippen molar-refractivity contribution in [2.45, 2.75) is 79.8 Å². The van der Waals surface area contributed by atoms with E-state index in [1.807, 2.05) is 39.8 Å². The topological polar surface area (TPSA) is 120 Å². The first-order valence-electron chi connectivity index (χ1n) is 14.1. The first-order valence-corrected chi connectivity index (χ1v) is 14.1. The summed E-state index contributed by atoms with van der Waals surface area (Å²) in [5, 5.41) is 42.5. The van der Waals surface area contributed by atoms with Gasteiger partial charge in [-0.2, -0.15) is 0 Å². The van der Waals surface area contributed by atoms with Crippen LogP contribution in [0.2, 0.25) is 0 Å². The molecular formula is C35H40O7. The maximum absolute atomic E-state index is 14.2. The molecule has 42 heavy (non-hydrogen) atoms. The molecule has 222 valence electrons. The van der Waals surface area contributed by atoms with E-state index in [1.165, 1.54) is 5.57 Å². The Morgan fingerprint density at radius 3 is 2.17 bits per heavy atom. The smallest absolute Gasteiger partial charge is 0.200 e. The van der Waals surface area contributed by atoms with Crippen LogP contribution in [0, 0.1) is 0 Å². The number of aromatic hydroxyl groups is 4. The summed E-state index contributed by atoms with van der Waals surface area (Å²) in [7, 11) is 0. The first kappa shape index (κ1) is 30.6. The molecule has 2 heterocycles. The van der Waals surface area contributed by atoms with E-state index >= 15 is 0 Å². The summed E-state index contributed by atoms with van der Waals surface area (Å²) in [6.45, 7) is 13.8. The third-order valence-corrected chi connectivity index (χ3v) is 7.31. The van der Waals surface area contributed by atoms with Crippen LogP contribution in [0.3, 0.4) is 0 Å². The van der Waals surface area contributed by atoms with Crippen LogP contribution >= 0.6 is 0 Å². The van der Waals surface area contributed by atoms with E-state index in [0.717, 1.165) is 36.1 Å². The lowest BCUT2D eigenvalue weighted by Gasteiger charge is -2.30. The van der Waals surface area contributed by atoms with Gasteiger partial charge in [0.25, 0.3) is 0 Å². The monoisotopic (exact) mass is 572 g/mol. The van der Waals surface area contributed by atoms with Gasteiger partial charge in [0, 0.05) is 17.2 Å². The average molecular weight is 573 g/mol. The normalized spacial score (nSPS) is 13.9. The second-order valence-electron chi connectivity index (χ2n) is 12.0. The molecule has 0 saturated heterocycles. The lowest BCUT2D eigenvalue weighted by atomic mass is 9.92. The maximum atomic E-state index is 14.2. The lowest BCUT2D eigenvalue weighted by molar-refractivity contribution is 0.157. The number of rotatable bonds is 8. The van der Waals surface area contributed by atoms with Crippen molar-refractivity contribution < 1.29 is 29.6 Å². The molecule has 0 spiro atoms. The Morgan fingerprint density at radius 1 is 0.857 bits per heavy atom. The van der Waals surface area contributed by atoms with Crippen LogP contribution in [0.15, 0.2) is 62.4 Å². The summed E-state index contributed by atoms with van der Waals surface area (Å²) >= 11 is 0. The van der Waals surface area contributed by atoms with Gasteiger partial charge in [-0.05, 0) is 92.4 Å². The van der Waals surface area contributed by atoms with Crippen LogP contribution in [-0.2, 0) is 12.8 Å². The van der Waals surface area contributed by atoms with Crippen molar-refractivity contribution in [1.29, 1.82) is 0 Å². The van der Waals surface area contributed by atoms with Gasteiger partial charge in [0.1, 0.15) is 39.6 Å². The van der Waals surface area contributed by atoms with Gasteiger partial charge in [0.2, 0.25) is 5.43 Å². The largest absolute Gasteiger partial charge is 0.507 e. The number of benzene rings is 2. The van der Waals surface area contributed by atoms with Crippen molar-refractivity contribution >= 4 is 17.0 Å². The molecule has 2 aromatic carbocycles. The van der Waals surface area contributed by atoms with Crippen LogP contribution in [0.25, 0.3) is 28.4 Å². The number of hydrogen-bond acceptors (Lipinski definition) is 7. The van der Waals surface area contributed by atoms with E-state index in [4.69, 9.17) is 9.15 Å². The van der Waals surface area contributed by atoms with Crippen LogP contribution in [0.4, 0.5) is 0 Å². The van der Waals surface area contributed by atoms with Gasteiger partial charge < -0.3 is 29.6 Å². The predicted octanol–water partition coefficient (Wildman–Crippen LogP) is 8.21. The van der Waals surface area contributed by atoms with Gasteiger partial charge in [0.05, 0.1) is 11.1 Å². The fourth-order valence-corrected chi connectivity index (χ4v) is 4.97. The van der Waals surface area contributed by atoms with Crippen molar-refractivity contribution in [1.82, 2.24) is 0 Å². The summed E-state index contributed by atoms with van der Waals surface area (Å²) < 4.78 is 12.8. The minimum absolute atomic E-state index is 0.0238. The van der Waals surface area contributed by atoms with Crippen molar-refractivity contribution in [3.05, 3.63) is 80.1 Å². The highest BCUT2D eigenvalue weighted by Crippen LogP contribution is 2.47. The Hall–Kier alpha value is -4.39. The molecule has 1 aromatic heterocycles. The van der Waals surface area contributed by atoms with E-state index < -0.39 is 22.5 Å². The Bertz CT molecular complexity index is 1720. The Balaban J connectivity index is 2.07. The van der Waals surface area contributed by atoms with E-state index in [2.05, 4.69) is 32.9 Å². The van der Waals surface area contributed by atoms with Crippen LogP contribution in [0.5, 0.6) is 28.7 Å². The first-order chi connectivity index (χ1) is 19.7. The number of phenolic OH excluding ortho intramolecular Hbond substituents is 4. The van der Waals surface area contributed by atoms with Gasteiger partial charge in [-0.1, -0.05) is 34.9 Å². The van der Waals surface area contributed by atoms with Crippen molar-refractivity contribution in [3.63, 3.8) is 0 Å². The summed E-state index contributed by atoms with van der Waals surface area (Å²) in [5.41, 5.74) is 3.61. The molecule has 0 radical (unpaired) electrons. The fraction of sp³-hybridized carbons (Fsp3) is 0.343. The molecule has 7 nitrogen and oxygen atoms in total. The molecule has 7 heteroatoms. The third kappa shape index (κ3) is 6.25. The Morgan fingerprint density at radius 2 is 1.50 bits per heavy atom. The number of fused-ring (bicyclic) bond motifs is 2. The molecule has 1 aliphatic rings. The standard InChI is InChI=1S/C35H40O7/c1-19(2)9-8-10-21(5)12-14-24-33-23(15-16-35(6,7)42-33)31(40)29-30(39)22(13-11-20(3)4)32(41-34(24)29)25-17-27(37)28(38)18-26(25)36/h9,11-12,15-18,36-38,40H,8,10,13-14H2,1-7H3.